The number of rotatable bonds is 7. The minimum atomic E-state index is -0.833. The van der Waals surface area contributed by atoms with E-state index in [1.165, 1.54) is 0 Å². The molecule has 0 aromatic carbocycles. The van der Waals surface area contributed by atoms with Crippen LogP contribution in [0.25, 0.3) is 0 Å². The van der Waals surface area contributed by atoms with Crippen LogP contribution in [-0.4, -0.2) is 35.1 Å². The molecule has 0 fully saturated rings. The standard InChI is InChI=1S/C12H24N2O3/c1-9(5-6-11(16)17)14-10(15)7-8-13-12(2,3)4/h9,13H,5-8H2,1-4H3,(H,14,15)(H,16,17). The third-order valence-electron chi connectivity index (χ3n) is 2.21. The van der Waals surface area contributed by atoms with Gasteiger partial charge in [0.2, 0.25) is 5.91 Å². The van der Waals surface area contributed by atoms with Gasteiger partial charge in [-0.2, -0.15) is 0 Å². The Kier molecular flexibility index (Phi) is 6.80. The molecule has 0 aromatic rings. The van der Waals surface area contributed by atoms with Gasteiger partial charge in [-0.1, -0.05) is 0 Å². The van der Waals surface area contributed by atoms with E-state index in [0.717, 1.165) is 0 Å². The van der Waals surface area contributed by atoms with Gasteiger partial charge in [0.1, 0.15) is 0 Å². The van der Waals surface area contributed by atoms with Crippen LogP contribution in [0.1, 0.15) is 47.0 Å². The summed E-state index contributed by atoms with van der Waals surface area (Å²) in [5, 5.41) is 14.5. The molecule has 3 N–H and O–H groups in total. The molecule has 0 saturated heterocycles. The highest BCUT2D eigenvalue weighted by Gasteiger charge is 2.11. The molecule has 0 saturated carbocycles. The Balaban J connectivity index is 3.68. The quantitative estimate of drug-likeness (QED) is 0.627. The van der Waals surface area contributed by atoms with Gasteiger partial charge in [0, 0.05) is 31.0 Å². The van der Waals surface area contributed by atoms with Crippen LogP contribution >= 0.6 is 0 Å². The second-order valence-electron chi connectivity index (χ2n) is 5.33. The van der Waals surface area contributed by atoms with Crippen molar-refractivity contribution in [3.05, 3.63) is 0 Å². The van der Waals surface area contributed by atoms with E-state index in [-0.39, 0.29) is 23.9 Å². The maximum atomic E-state index is 11.5. The molecule has 17 heavy (non-hydrogen) atoms. The van der Waals surface area contributed by atoms with Crippen molar-refractivity contribution in [2.75, 3.05) is 6.54 Å². The molecule has 0 aromatic heterocycles. The molecule has 100 valence electrons. The van der Waals surface area contributed by atoms with Crippen molar-refractivity contribution < 1.29 is 14.7 Å². The number of nitrogens with one attached hydrogen (secondary N) is 2. The second-order valence-corrected chi connectivity index (χ2v) is 5.33. The van der Waals surface area contributed by atoms with E-state index in [0.29, 0.717) is 19.4 Å². The van der Waals surface area contributed by atoms with Gasteiger partial charge < -0.3 is 15.7 Å². The molecule has 1 atom stereocenters. The number of carboxylic acid groups (broad SMARTS) is 1. The van der Waals surface area contributed by atoms with Crippen LogP contribution in [0.2, 0.25) is 0 Å². The van der Waals surface area contributed by atoms with Gasteiger partial charge in [0.15, 0.2) is 0 Å². The first-order valence-corrected chi connectivity index (χ1v) is 5.97. The first kappa shape index (κ1) is 15.9. The normalized spacial score (nSPS) is 13.2. The molecule has 0 aliphatic carbocycles. The summed E-state index contributed by atoms with van der Waals surface area (Å²) in [6.07, 6.45) is 0.962. The molecular formula is C12H24N2O3. The number of carboxylic acids is 1. The number of carbonyl (C=O) groups excluding carboxylic acids is 1. The predicted octanol–water partition coefficient (Wildman–Crippen LogP) is 1.13. The Morgan fingerprint density at radius 2 is 1.82 bits per heavy atom. The highest BCUT2D eigenvalue weighted by molar-refractivity contribution is 5.76. The molecule has 0 rings (SSSR count). The summed E-state index contributed by atoms with van der Waals surface area (Å²) in [7, 11) is 0. The number of amides is 1. The summed E-state index contributed by atoms with van der Waals surface area (Å²) < 4.78 is 0. The van der Waals surface area contributed by atoms with Crippen LogP contribution in [0.3, 0.4) is 0 Å². The number of aliphatic carboxylic acids is 1. The summed E-state index contributed by atoms with van der Waals surface area (Å²) in [5.41, 5.74) is 0.00913. The first-order valence-electron chi connectivity index (χ1n) is 5.97. The third kappa shape index (κ3) is 11.2. The van der Waals surface area contributed by atoms with E-state index >= 15 is 0 Å². The van der Waals surface area contributed by atoms with Gasteiger partial charge in [-0.15, -0.1) is 0 Å². The fourth-order valence-corrected chi connectivity index (χ4v) is 1.31. The zero-order chi connectivity index (χ0) is 13.5. The zero-order valence-electron chi connectivity index (χ0n) is 11.2. The van der Waals surface area contributed by atoms with E-state index in [4.69, 9.17) is 5.11 Å². The average Bonchev–Trinajstić information content (AvgIpc) is 2.12. The molecule has 0 aliphatic heterocycles. The summed E-state index contributed by atoms with van der Waals surface area (Å²) in [4.78, 5) is 21.8. The van der Waals surface area contributed by atoms with E-state index in [9.17, 15) is 9.59 Å². The van der Waals surface area contributed by atoms with Gasteiger partial charge in [0.25, 0.3) is 0 Å². The molecule has 5 heteroatoms. The number of hydrogen-bond acceptors (Lipinski definition) is 3. The maximum Gasteiger partial charge on any atom is 0.303 e. The second kappa shape index (κ2) is 7.27. The lowest BCUT2D eigenvalue weighted by Gasteiger charge is -2.20. The predicted molar refractivity (Wildman–Crippen MR) is 66.8 cm³/mol. The van der Waals surface area contributed by atoms with Crippen molar-refractivity contribution >= 4 is 11.9 Å². The van der Waals surface area contributed by atoms with Crippen LogP contribution < -0.4 is 10.6 Å². The Hall–Kier alpha value is -1.10. The summed E-state index contributed by atoms with van der Waals surface area (Å²) in [5.74, 6) is -0.875. The molecule has 1 unspecified atom stereocenters. The van der Waals surface area contributed by atoms with Gasteiger partial charge in [-0.25, -0.2) is 0 Å². The average molecular weight is 244 g/mol. The van der Waals surface area contributed by atoms with Gasteiger partial charge >= 0.3 is 5.97 Å². The Morgan fingerprint density at radius 1 is 1.24 bits per heavy atom. The molecule has 0 spiro atoms. The molecule has 0 heterocycles. The van der Waals surface area contributed by atoms with Crippen molar-refractivity contribution in [2.45, 2.75) is 58.5 Å². The van der Waals surface area contributed by atoms with Crippen molar-refractivity contribution in [1.82, 2.24) is 10.6 Å². The lowest BCUT2D eigenvalue weighted by molar-refractivity contribution is -0.137. The summed E-state index contributed by atoms with van der Waals surface area (Å²) in [6.45, 7) is 8.57. The number of hydrogen-bond donors (Lipinski definition) is 3. The van der Waals surface area contributed by atoms with E-state index in [2.05, 4.69) is 10.6 Å². The monoisotopic (exact) mass is 244 g/mol. The molecule has 0 bridgehead atoms. The smallest absolute Gasteiger partial charge is 0.303 e. The molecular weight excluding hydrogens is 220 g/mol. The minimum Gasteiger partial charge on any atom is -0.481 e. The first-order chi connectivity index (χ1) is 7.70. The highest BCUT2D eigenvalue weighted by Crippen LogP contribution is 1.99. The Morgan fingerprint density at radius 3 is 2.29 bits per heavy atom. The number of carbonyl (C=O) groups is 2. The molecule has 1 amide bonds. The molecule has 0 radical (unpaired) electrons. The summed E-state index contributed by atoms with van der Waals surface area (Å²) in [6, 6.07) is -0.0896. The largest absolute Gasteiger partial charge is 0.481 e. The van der Waals surface area contributed by atoms with Crippen LogP contribution in [0.5, 0.6) is 0 Å². The maximum absolute atomic E-state index is 11.5. The highest BCUT2D eigenvalue weighted by atomic mass is 16.4. The van der Waals surface area contributed by atoms with E-state index in [1.54, 1.807) is 0 Å². The fourth-order valence-electron chi connectivity index (χ4n) is 1.31. The van der Waals surface area contributed by atoms with E-state index < -0.39 is 5.97 Å². The van der Waals surface area contributed by atoms with Crippen LogP contribution in [0, 0.1) is 0 Å². The van der Waals surface area contributed by atoms with Gasteiger partial charge in [-0.3, -0.25) is 9.59 Å². The minimum absolute atomic E-state index is 0.00913. The Bertz CT molecular complexity index is 259. The topological polar surface area (TPSA) is 78.4 Å². The van der Waals surface area contributed by atoms with Crippen molar-refractivity contribution in [1.29, 1.82) is 0 Å². The lowest BCUT2D eigenvalue weighted by Crippen LogP contribution is -2.40. The van der Waals surface area contributed by atoms with Crippen molar-refractivity contribution in [3.8, 4) is 0 Å². The molecule has 0 aliphatic rings. The van der Waals surface area contributed by atoms with Crippen LogP contribution in [0.15, 0.2) is 0 Å². The van der Waals surface area contributed by atoms with Gasteiger partial charge in [0.05, 0.1) is 0 Å². The van der Waals surface area contributed by atoms with Gasteiger partial charge in [-0.05, 0) is 34.1 Å². The molecule has 5 nitrogen and oxygen atoms in total. The fraction of sp³-hybridized carbons (Fsp3) is 0.833. The SMILES string of the molecule is CC(CCC(=O)O)NC(=O)CCNC(C)(C)C. The zero-order valence-corrected chi connectivity index (χ0v) is 11.2. The third-order valence-corrected chi connectivity index (χ3v) is 2.21. The van der Waals surface area contributed by atoms with Crippen LogP contribution in [0.4, 0.5) is 0 Å². The van der Waals surface area contributed by atoms with Crippen molar-refractivity contribution in [2.24, 2.45) is 0 Å². The van der Waals surface area contributed by atoms with E-state index in [1.807, 2.05) is 27.7 Å². The summed E-state index contributed by atoms with van der Waals surface area (Å²) >= 11 is 0. The van der Waals surface area contributed by atoms with Crippen LogP contribution in [-0.2, 0) is 9.59 Å². The Labute approximate surface area is 103 Å². The van der Waals surface area contributed by atoms with Crippen molar-refractivity contribution in [3.63, 3.8) is 0 Å². The lowest BCUT2D eigenvalue weighted by atomic mass is 10.1.